The molecule has 0 aromatic carbocycles. The number of aromatic nitrogens is 2. The molecule has 0 aliphatic carbocycles. The molecule has 0 spiro atoms. The highest BCUT2D eigenvalue weighted by molar-refractivity contribution is 8.03. The average molecular weight is 336 g/mol. The Morgan fingerprint density at radius 3 is 2.75 bits per heavy atom. The Kier molecular flexibility index (Phi) is 9.24. The predicted octanol–water partition coefficient (Wildman–Crippen LogP) is 2.67. The lowest BCUT2D eigenvalue weighted by molar-refractivity contribution is -0.119. The summed E-state index contributed by atoms with van der Waals surface area (Å²) < 4.78 is 6.80. The van der Waals surface area contributed by atoms with Crippen LogP contribution < -0.4 is 5.32 Å². The van der Waals surface area contributed by atoms with Gasteiger partial charge in [-0.25, -0.2) is 0 Å². The Labute approximate surface area is 132 Å². The van der Waals surface area contributed by atoms with Crippen LogP contribution in [0.15, 0.2) is 8.68 Å². The quantitative estimate of drug-likeness (QED) is 0.524. The molecule has 0 fully saturated rings. The number of amides is 1. The molecule has 0 saturated heterocycles. The number of ether oxygens (including phenoxy) is 1. The number of rotatable bonds is 10. The van der Waals surface area contributed by atoms with Gasteiger partial charge in [0, 0.05) is 18.9 Å². The molecule has 8 heteroatoms. The van der Waals surface area contributed by atoms with Gasteiger partial charge in [0.1, 0.15) is 0 Å². The van der Waals surface area contributed by atoms with Crippen molar-refractivity contribution in [1.82, 2.24) is 15.5 Å². The third-order valence-corrected chi connectivity index (χ3v) is 5.54. The van der Waals surface area contributed by atoms with E-state index >= 15 is 0 Å². The lowest BCUT2D eigenvalue weighted by Gasteiger charge is -2.11. The normalized spacial score (nSPS) is 12.3. The fraction of sp³-hybridized carbons (Fsp3) is 0.750. The largest absolute Gasteiger partial charge is 0.383 e. The maximum Gasteiger partial charge on any atom is 0.230 e. The predicted molar refractivity (Wildman–Crippen MR) is 85.7 cm³/mol. The van der Waals surface area contributed by atoms with Crippen LogP contribution in [0, 0.1) is 0 Å². The maximum absolute atomic E-state index is 11.7. The summed E-state index contributed by atoms with van der Waals surface area (Å²) >= 11 is 4.71. The Balaban J connectivity index is 2.25. The number of hydrogen-bond donors (Lipinski definition) is 1. The second kappa shape index (κ2) is 10.4. The van der Waals surface area contributed by atoms with Crippen molar-refractivity contribution in [3.8, 4) is 0 Å². The van der Waals surface area contributed by atoms with Gasteiger partial charge in [-0.3, -0.25) is 4.79 Å². The highest BCUT2D eigenvalue weighted by Crippen LogP contribution is 2.29. The number of hydrogen-bond acceptors (Lipinski definition) is 7. The van der Waals surface area contributed by atoms with Gasteiger partial charge in [-0.15, -0.1) is 10.2 Å². The molecular weight excluding hydrogens is 314 g/mol. The summed E-state index contributed by atoms with van der Waals surface area (Å²) in [7, 11) is 1.62. The molecule has 1 rings (SSSR count). The zero-order chi connectivity index (χ0) is 14.8. The van der Waals surface area contributed by atoms with Crippen LogP contribution in [0.5, 0.6) is 0 Å². The molecule has 0 aliphatic heterocycles. The third-order valence-electron chi connectivity index (χ3n) is 2.26. The molecular formula is C12H21N3O2S3. The molecule has 1 N–H and O–H groups in total. The van der Waals surface area contributed by atoms with E-state index in [9.17, 15) is 4.79 Å². The number of unbranched alkanes of at least 4 members (excludes halogenated alkanes) is 1. The van der Waals surface area contributed by atoms with Crippen LogP contribution in [-0.2, 0) is 9.53 Å². The van der Waals surface area contributed by atoms with E-state index in [1.54, 1.807) is 30.2 Å². The van der Waals surface area contributed by atoms with Gasteiger partial charge in [-0.2, -0.15) is 0 Å². The van der Waals surface area contributed by atoms with Crippen molar-refractivity contribution in [3.05, 3.63) is 0 Å². The molecule has 1 aromatic rings. The Bertz CT molecular complexity index is 401. The molecule has 1 aromatic heterocycles. The van der Waals surface area contributed by atoms with E-state index in [4.69, 9.17) is 4.74 Å². The van der Waals surface area contributed by atoms with Crippen LogP contribution >= 0.6 is 34.9 Å². The molecule has 1 heterocycles. The van der Waals surface area contributed by atoms with Crippen LogP contribution in [0.3, 0.4) is 0 Å². The molecule has 0 saturated carbocycles. The summed E-state index contributed by atoms with van der Waals surface area (Å²) in [6.07, 6.45) is 2.37. The van der Waals surface area contributed by atoms with Gasteiger partial charge >= 0.3 is 0 Å². The van der Waals surface area contributed by atoms with Gasteiger partial charge < -0.3 is 10.1 Å². The van der Waals surface area contributed by atoms with Gasteiger partial charge in [0.05, 0.1) is 12.4 Å². The number of thioether (sulfide) groups is 2. The minimum absolute atomic E-state index is 0.00469. The average Bonchev–Trinajstić information content (AvgIpc) is 2.85. The summed E-state index contributed by atoms with van der Waals surface area (Å²) in [6.45, 7) is 4.61. The van der Waals surface area contributed by atoms with Gasteiger partial charge in [-0.1, -0.05) is 48.2 Å². The van der Waals surface area contributed by atoms with Gasteiger partial charge in [0.2, 0.25) is 5.91 Å². The molecule has 0 radical (unpaired) electrons. The van der Waals surface area contributed by atoms with Crippen LogP contribution in [-0.4, -0.2) is 47.4 Å². The molecule has 5 nitrogen and oxygen atoms in total. The Morgan fingerprint density at radius 1 is 1.40 bits per heavy atom. The fourth-order valence-corrected chi connectivity index (χ4v) is 4.34. The highest BCUT2D eigenvalue weighted by atomic mass is 32.2. The summed E-state index contributed by atoms with van der Waals surface area (Å²) in [5, 5.41) is 11.1. The number of methoxy groups -OCH3 is 1. The topological polar surface area (TPSA) is 64.1 Å². The van der Waals surface area contributed by atoms with Gasteiger partial charge in [0.15, 0.2) is 8.68 Å². The van der Waals surface area contributed by atoms with Crippen LogP contribution in [0.2, 0.25) is 0 Å². The zero-order valence-corrected chi connectivity index (χ0v) is 14.5. The number of nitrogens with one attached hydrogen (secondary N) is 1. The number of carbonyl (C=O) groups is 1. The Morgan fingerprint density at radius 2 is 2.10 bits per heavy atom. The first-order chi connectivity index (χ1) is 9.65. The van der Waals surface area contributed by atoms with E-state index in [0.717, 1.165) is 14.4 Å². The third kappa shape index (κ3) is 7.47. The van der Waals surface area contributed by atoms with Crippen LogP contribution in [0.1, 0.15) is 26.7 Å². The maximum atomic E-state index is 11.7. The summed E-state index contributed by atoms with van der Waals surface area (Å²) in [5.74, 6) is 1.43. The van der Waals surface area contributed by atoms with Crippen LogP contribution in [0.25, 0.3) is 0 Å². The molecule has 1 unspecified atom stereocenters. The monoisotopic (exact) mass is 335 g/mol. The molecule has 0 bridgehead atoms. The van der Waals surface area contributed by atoms with Crippen molar-refractivity contribution in [2.24, 2.45) is 0 Å². The number of nitrogens with zero attached hydrogens (tertiary/aromatic N) is 2. The van der Waals surface area contributed by atoms with E-state index in [1.165, 1.54) is 24.6 Å². The summed E-state index contributed by atoms with van der Waals surface area (Å²) in [5.41, 5.74) is 0. The van der Waals surface area contributed by atoms with E-state index in [1.807, 2.05) is 6.92 Å². The van der Waals surface area contributed by atoms with E-state index in [-0.39, 0.29) is 11.9 Å². The number of carbonyl (C=O) groups excluding carboxylic acids is 1. The summed E-state index contributed by atoms with van der Waals surface area (Å²) in [4.78, 5) is 11.7. The zero-order valence-electron chi connectivity index (χ0n) is 12.0. The van der Waals surface area contributed by atoms with Crippen molar-refractivity contribution in [1.29, 1.82) is 0 Å². The van der Waals surface area contributed by atoms with Crippen molar-refractivity contribution in [2.75, 3.05) is 25.2 Å². The second-order valence-electron chi connectivity index (χ2n) is 4.25. The molecule has 1 amide bonds. The van der Waals surface area contributed by atoms with Crippen molar-refractivity contribution < 1.29 is 9.53 Å². The lowest BCUT2D eigenvalue weighted by atomic mass is 10.3. The second-order valence-corrected chi connectivity index (χ2v) is 7.79. The molecule has 114 valence electrons. The Hall–Kier alpha value is -0.310. The molecule has 20 heavy (non-hydrogen) atoms. The van der Waals surface area contributed by atoms with Gasteiger partial charge in [-0.05, 0) is 13.3 Å². The minimum Gasteiger partial charge on any atom is -0.383 e. The SMILES string of the molecule is CCCCSc1nnc(SCC(=O)NC(C)COC)s1. The first kappa shape index (κ1) is 17.7. The van der Waals surface area contributed by atoms with E-state index in [0.29, 0.717) is 12.4 Å². The van der Waals surface area contributed by atoms with Gasteiger partial charge in [0.25, 0.3) is 0 Å². The lowest BCUT2D eigenvalue weighted by Crippen LogP contribution is -2.36. The van der Waals surface area contributed by atoms with Crippen LogP contribution in [0.4, 0.5) is 0 Å². The first-order valence-electron chi connectivity index (χ1n) is 6.53. The van der Waals surface area contributed by atoms with Crippen molar-refractivity contribution in [3.63, 3.8) is 0 Å². The van der Waals surface area contributed by atoms with Crippen molar-refractivity contribution >= 4 is 40.8 Å². The summed E-state index contributed by atoms with van der Waals surface area (Å²) in [6, 6.07) is 0.0303. The smallest absolute Gasteiger partial charge is 0.230 e. The highest BCUT2D eigenvalue weighted by Gasteiger charge is 2.10. The van der Waals surface area contributed by atoms with Crippen molar-refractivity contribution in [2.45, 2.75) is 41.4 Å². The first-order valence-corrected chi connectivity index (χ1v) is 9.31. The van der Waals surface area contributed by atoms with E-state index in [2.05, 4.69) is 22.4 Å². The van der Waals surface area contributed by atoms with E-state index < -0.39 is 0 Å². The minimum atomic E-state index is -0.00469. The molecule has 1 atom stereocenters. The molecule has 0 aliphatic rings. The fourth-order valence-electron chi connectivity index (χ4n) is 1.35. The standard InChI is InChI=1S/C12H21N3O2S3/c1-4-5-6-18-11-14-15-12(20-11)19-8-10(16)13-9(2)7-17-3/h9H,4-8H2,1-3H3,(H,13,16).